The minimum absolute atomic E-state index is 0.165. The molecule has 2 unspecified atom stereocenters. The zero-order valence-corrected chi connectivity index (χ0v) is 32.0. The highest BCUT2D eigenvalue weighted by molar-refractivity contribution is 7.90. The number of carbonyl (C=O) groups is 5. The fraction of sp³-hybridized carbons (Fsp3) is 0.316. The van der Waals surface area contributed by atoms with Crippen LogP contribution in [0.2, 0.25) is 5.15 Å². The minimum atomic E-state index is -4.40. The number of hydrogen-bond donors (Lipinski definition) is 7. The summed E-state index contributed by atoms with van der Waals surface area (Å²) in [4.78, 5) is 66.5. The minimum Gasteiger partial charge on any atom is -0.480 e. The summed E-state index contributed by atoms with van der Waals surface area (Å²) in [5.41, 5.74) is 4.17. The van der Waals surface area contributed by atoms with Crippen molar-refractivity contribution in [2.24, 2.45) is 5.92 Å². The van der Waals surface area contributed by atoms with Crippen LogP contribution in [-0.2, 0) is 60.0 Å². The fourth-order valence-electron chi connectivity index (χ4n) is 5.81. The van der Waals surface area contributed by atoms with Gasteiger partial charge in [-0.25, -0.2) is 28.4 Å². The van der Waals surface area contributed by atoms with Crippen molar-refractivity contribution in [1.82, 2.24) is 30.4 Å². The summed E-state index contributed by atoms with van der Waals surface area (Å²) in [5, 5.41) is 33.3. The number of aliphatic hydroxyl groups excluding tert-OH is 1. The van der Waals surface area contributed by atoms with Gasteiger partial charge in [-0.15, -0.1) is 0 Å². The van der Waals surface area contributed by atoms with Gasteiger partial charge in [0.05, 0.1) is 23.6 Å². The number of aliphatic hydroxyl groups is 1. The molecule has 0 aliphatic heterocycles. The molecule has 0 bridgehead atoms. The monoisotopic (exact) mass is 810 g/mol. The summed E-state index contributed by atoms with van der Waals surface area (Å²) in [6.07, 6.45) is 1.11. The molecule has 4 amide bonds. The van der Waals surface area contributed by atoms with E-state index < -0.39 is 64.4 Å². The van der Waals surface area contributed by atoms with E-state index in [4.69, 9.17) is 16.8 Å². The third-order valence-corrected chi connectivity index (χ3v) is 10.5. The van der Waals surface area contributed by atoms with Gasteiger partial charge in [0, 0.05) is 31.5 Å². The second-order valence-corrected chi connectivity index (χ2v) is 14.8. The lowest BCUT2D eigenvalue weighted by Crippen LogP contribution is -2.49. The Morgan fingerprint density at radius 2 is 1.57 bits per heavy atom. The zero-order chi connectivity index (χ0) is 40.8. The number of nitrogens with zero attached hydrogens (tertiary/aromatic N) is 2. The summed E-state index contributed by atoms with van der Waals surface area (Å²) >= 11 is 6.28. The zero-order valence-electron chi connectivity index (χ0n) is 30.4. The number of aryl methyl sites for hydroxylation is 1. The van der Waals surface area contributed by atoms with Crippen molar-refractivity contribution in [3.63, 3.8) is 0 Å². The van der Waals surface area contributed by atoms with Crippen LogP contribution in [0, 0.1) is 5.92 Å². The Morgan fingerprint density at radius 3 is 2.21 bits per heavy atom. The molecule has 1 aromatic heterocycles. The third-order valence-electron chi connectivity index (χ3n) is 8.74. The van der Waals surface area contributed by atoms with Crippen molar-refractivity contribution in [2.75, 3.05) is 6.54 Å². The predicted molar refractivity (Wildman–Crippen MR) is 203 cm³/mol. The number of carboxylic acids is 1. The van der Waals surface area contributed by atoms with Crippen LogP contribution in [0.25, 0.3) is 11.1 Å². The van der Waals surface area contributed by atoms with E-state index in [1.165, 1.54) is 17.6 Å². The third kappa shape index (κ3) is 11.7. The molecule has 0 saturated heterocycles. The Hall–Kier alpha value is -5.62. The van der Waals surface area contributed by atoms with Crippen molar-refractivity contribution >= 4 is 51.2 Å². The molecule has 0 radical (unpaired) electrons. The highest BCUT2D eigenvalue weighted by Crippen LogP contribution is 2.28. The van der Waals surface area contributed by atoms with E-state index in [0.717, 1.165) is 24.2 Å². The highest BCUT2D eigenvalue weighted by Gasteiger charge is 2.32. The second-order valence-electron chi connectivity index (χ2n) is 12.8. The number of carbonyl (C=O) groups excluding carboxylic acids is 4. The molecule has 56 heavy (non-hydrogen) atoms. The van der Waals surface area contributed by atoms with E-state index in [1.807, 2.05) is 21.4 Å². The average Bonchev–Trinajstić information content (AvgIpc) is 3.48. The highest BCUT2D eigenvalue weighted by atomic mass is 35.5. The first-order valence-electron chi connectivity index (χ1n) is 17.6. The van der Waals surface area contributed by atoms with Gasteiger partial charge in [0.2, 0.25) is 17.7 Å². The normalized spacial score (nSPS) is 12.3. The Kier molecular flexibility index (Phi) is 15.7. The molecule has 7 N–H and O–H groups in total. The molecule has 0 fully saturated rings. The van der Waals surface area contributed by atoms with Crippen LogP contribution in [0.4, 0.5) is 0 Å². The van der Waals surface area contributed by atoms with Gasteiger partial charge in [-0.05, 0) is 35.6 Å². The van der Waals surface area contributed by atoms with Crippen molar-refractivity contribution in [3.8, 4) is 11.1 Å². The largest absolute Gasteiger partial charge is 0.480 e. The lowest BCUT2D eigenvalue weighted by atomic mass is 9.97. The molecule has 2 atom stereocenters. The van der Waals surface area contributed by atoms with E-state index in [-0.39, 0.29) is 29.6 Å². The van der Waals surface area contributed by atoms with Crippen LogP contribution in [0.1, 0.15) is 55.3 Å². The lowest BCUT2D eigenvalue weighted by Gasteiger charge is -2.19. The number of sulfonamides is 1. The van der Waals surface area contributed by atoms with Crippen LogP contribution in [0.3, 0.4) is 0 Å². The number of imidazole rings is 1. The maximum absolute atomic E-state index is 13.4. The summed E-state index contributed by atoms with van der Waals surface area (Å²) < 4.78 is 30.6. The van der Waals surface area contributed by atoms with Gasteiger partial charge >= 0.3 is 5.97 Å². The number of benzene rings is 3. The van der Waals surface area contributed by atoms with Gasteiger partial charge in [0.25, 0.3) is 15.9 Å². The quantitative estimate of drug-likeness (QED) is 0.0389. The maximum atomic E-state index is 13.4. The molecule has 4 rings (SSSR count). The number of halogens is 1. The van der Waals surface area contributed by atoms with Crippen LogP contribution in [0.15, 0.2) is 83.8 Å². The first kappa shape index (κ1) is 43.1. The van der Waals surface area contributed by atoms with E-state index in [1.54, 1.807) is 54.6 Å². The molecule has 0 saturated carbocycles. The molecular formula is C38H43ClN6O10S. The van der Waals surface area contributed by atoms with Gasteiger partial charge in [-0.3, -0.25) is 24.4 Å². The Labute approximate surface area is 328 Å². The van der Waals surface area contributed by atoms with Crippen LogP contribution in [-0.4, -0.2) is 75.6 Å². The summed E-state index contributed by atoms with van der Waals surface area (Å²) in [6, 6.07) is 19.7. The first-order valence-corrected chi connectivity index (χ1v) is 19.5. The Morgan fingerprint density at radius 1 is 0.893 bits per heavy atom. The average molecular weight is 811 g/mol. The van der Waals surface area contributed by atoms with Crippen LogP contribution < -0.4 is 20.8 Å². The van der Waals surface area contributed by atoms with Gasteiger partial charge in [-0.2, -0.15) is 0 Å². The van der Waals surface area contributed by atoms with Crippen molar-refractivity contribution in [1.29, 1.82) is 0 Å². The van der Waals surface area contributed by atoms with Crippen molar-refractivity contribution in [2.45, 2.75) is 69.5 Å². The molecule has 0 aliphatic rings. The number of hydrogen-bond acceptors (Lipinski definition) is 10. The molecule has 298 valence electrons. The maximum Gasteiger partial charge on any atom is 0.326 e. The number of amides is 4. The van der Waals surface area contributed by atoms with E-state index in [2.05, 4.69) is 22.5 Å². The molecule has 0 spiro atoms. The van der Waals surface area contributed by atoms with Gasteiger partial charge < -0.3 is 25.4 Å². The topological polar surface area (TPSA) is 246 Å². The summed E-state index contributed by atoms with van der Waals surface area (Å²) in [5.74, 6) is -6.30. The SMILES string of the molecule is CCCCc1nc(Cl)c(CO)n1Cc1ccc(-c2ccccc2S(=O)(=O)NC(=O)CCNC(=O)CC(NC(=O)C(Cc2ccccc2)C(=O)NO)C(=O)O)cc1. The molecule has 1 heterocycles. The molecule has 18 heteroatoms. The summed E-state index contributed by atoms with van der Waals surface area (Å²) in [6.45, 7) is 1.79. The van der Waals surface area contributed by atoms with Gasteiger partial charge in [0.15, 0.2) is 5.15 Å². The standard InChI is InChI=1S/C38H43ClN6O10S/c1-2-3-13-32-42-35(39)30(23-46)45(32)22-25-14-16-26(17-15-25)27-11-7-8-12-31(27)56(54,55)44-33(47)18-19-40-34(48)21-29(38(51)52)41-36(49)28(37(50)43-53)20-24-9-5-4-6-10-24/h4-12,14-17,28-29,46,53H,2-3,13,18-23H2,1H3,(H,40,48)(H,41,49)(H,43,50)(H,44,47)(H,51,52). The number of aromatic nitrogens is 2. The molecule has 4 aromatic rings. The van der Waals surface area contributed by atoms with Crippen LogP contribution in [0.5, 0.6) is 0 Å². The number of rotatable bonds is 20. The molecule has 3 aromatic carbocycles. The van der Waals surface area contributed by atoms with E-state index in [9.17, 15) is 42.6 Å². The predicted octanol–water partition coefficient (Wildman–Crippen LogP) is 2.72. The molecule has 16 nitrogen and oxygen atoms in total. The van der Waals surface area contributed by atoms with E-state index in [0.29, 0.717) is 35.3 Å². The fourth-order valence-corrected chi connectivity index (χ4v) is 7.32. The van der Waals surface area contributed by atoms with Gasteiger partial charge in [0.1, 0.15) is 17.8 Å². The first-order chi connectivity index (χ1) is 26.8. The lowest BCUT2D eigenvalue weighted by molar-refractivity contribution is -0.146. The van der Waals surface area contributed by atoms with Crippen LogP contribution >= 0.6 is 11.6 Å². The number of unbranched alkanes of at least 4 members (excludes halogenated alkanes) is 1. The molecular weight excluding hydrogens is 768 g/mol. The number of hydroxylamine groups is 1. The Bertz CT molecular complexity index is 2130. The number of aliphatic carboxylic acids is 1. The molecule has 0 aliphatic carbocycles. The number of nitrogens with one attached hydrogen (secondary N) is 4. The van der Waals surface area contributed by atoms with Crippen molar-refractivity contribution in [3.05, 3.63) is 107 Å². The Balaban J connectivity index is 1.35. The van der Waals surface area contributed by atoms with Gasteiger partial charge in [-0.1, -0.05) is 97.7 Å². The summed E-state index contributed by atoms with van der Waals surface area (Å²) in [7, 11) is -4.40. The second kappa shape index (κ2) is 20.3. The van der Waals surface area contributed by atoms with E-state index >= 15 is 0 Å². The van der Waals surface area contributed by atoms with Crippen molar-refractivity contribution < 1.29 is 47.8 Å². The number of carboxylic acid groups (broad SMARTS) is 1. The smallest absolute Gasteiger partial charge is 0.326 e.